The zero-order valence-electron chi connectivity index (χ0n) is 9.40. The Kier molecular flexibility index (Phi) is 2.84. The van der Waals surface area contributed by atoms with E-state index in [9.17, 15) is 4.39 Å². The molecule has 0 aliphatic carbocycles. The number of rotatable bonds is 1. The van der Waals surface area contributed by atoms with Crippen LogP contribution in [0.5, 0.6) is 0 Å². The number of hydrogen-bond acceptors (Lipinski definition) is 1. The highest BCUT2D eigenvalue weighted by molar-refractivity contribution is 9.10. The standard InChI is InChI=1S/C15H9BrFN/c16-14-13(17)7-6-11-8-12(9-18-15(11)14)10-4-2-1-3-5-10/h1-9H. The molecule has 0 aliphatic rings. The summed E-state index contributed by atoms with van der Waals surface area (Å²) in [7, 11) is 0. The molecule has 2 aromatic carbocycles. The smallest absolute Gasteiger partial charge is 0.139 e. The molecule has 0 unspecified atom stereocenters. The molecule has 1 nitrogen and oxygen atoms in total. The molecule has 1 aromatic heterocycles. The second kappa shape index (κ2) is 4.50. The molecule has 0 fully saturated rings. The lowest BCUT2D eigenvalue weighted by atomic mass is 10.1. The molecule has 0 amide bonds. The van der Waals surface area contributed by atoms with Crippen LogP contribution in [0.2, 0.25) is 0 Å². The summed E-state index contributed by atoms with van der Waals surface area (Å²) in [6, 6.07) is 15.2. The minimum absolute atomic E-state index is 0.289. The third-order valence-electron chi connectivity index (χ3n) is 2.85. The van der Waals surface area contributed by atoms with Crippen LogP contribution in [0.15, 0.2) is 59.2 Å². The second-order valence-electron chi connectivity index (χ2n) is 4.02. The first kappa shape index (κ1) is 11.4. The zero-order valence-corrected chi connectivity index (χ0v) is 11.0. The van der Waals surface area contributed by atoms with E-state index < -0.39 is 0 Å². The number of pyridine rings is 1. The number of hydrogen-bond donors (Lipinski definition) is 0. The van der Waals surface area contributed by atoms with Gasteiger partial charge >= 0.3 is 0 Å². The van der Waals surface area contributed by atoms with Gasteiger partial charge in [-0.15, -0.1) is 0 Å². The van der Waals surface area contributed by atoms with Crippen LogP contribution < -0.4 is 0 Å². The molecule has 0 atom stereocenters. The van der Waals surface area contributed by atoms with Crippen LogP contribution in [-0.2, 0) is 0 Å². The van der Waals surface area contributed by atoms with Crippen LogP contribution in [0.4, 0.5) is 4.39 Å². The summed E-state index contributed by atoms with van der Waals surface area (Å²) in [4.78, 5) is 4.33. The van der Waals surface area contributed by atoms with Crippen molar-refractivity contribution < 1.29 is 4.39 Å². The first-order valence-corrected chi connectivity index (χ1v) is 6.34. The van der Waals surface area contributed by atoms with E-state index in [0.717, 1.165) is 16.5 Å². The van der Waals surface area contributed by atoms with Crippen molar-refractivity contribution in [1.29, 1.82) is 0 Å². The van der Waals surface area contributed by atoms with Gasteiger partial charge in [0.05, 0.1) is 9.99 Å². The topological polar surface area (TPSA) is 12.9 Å². The molecule has 0 aliphatic heterocycles. The summed E-state index contributed by atoms with van der Waals surface area (Å²) in [5.74, 6) is -0.289. The predicted molar refractivity (Wildman–Crippen MR) is 74.8 cm³/mol. The largest absolute Gasteiger partial charge is 0.254 e. The maximum absolute atomic E-state index is 13.4. The van der Waals surface area contributed by atoms with Gasteiger partial charge in [-0.2, -0.15) is 0 Å². The van der Waals surface area contributed by atoms with Gasteiger partial charge in [0.1, 0.15) is 5.82 Å². The molecule has 0 bridgehead atoms. The molecule has 18 heavy (non-hydrogen) atoms. The molecule has 0 radical (unpaired) electrons. The maximum atomic E-state index is 13.4. The van der Waals surface area contributed by atoms with Gasteiger partial charge in [0.25, 0.3) is 0 Å². The van der Waals surface area contributed by atoms with Gasteiger partial charge in [0, 0.05) is 17.1 Å². The number of benzene rings is 2. The fraction of sp³-hybridized carbons (Fsp3) is 0. The highest BCUT2D eigenvalue weighted by Gasteiger charge is 2.07. The van der Waals surface area contributed by atoms with E-state index in [2.05, 4.69) is 20.9 Å². The van der Waals surface area contributed by atoms with E-state index >= 15 is 0 Å². The monoisotopic (exact) mass is 301 g/mol. The highest BCUT2D eigenvalue weighted by Crippen LogP contribution is 2.28. The molecule has 0 saturated heterocycles. The summed E-state index contributed by atoms with van der Waals surface area (Å²) < 4.78 is 13.8. The van der Waals surface area contributed by atoms with Gasteiger partial charge in [-0.1, -0.05) is 30.3 Å². The molecule has 3 aromatic rings. The van der Waals surface area contributed by atoms with E-state index in [0.29, 0.717) is 9.99 Å². The molecule has 1 heterocycles. The molecular formula is C15H9BrFN. The zero-order chi connectivity index (χ0) is 12.5. The summed E-state index contributed by atoms with van der Waals surface area (Å²) in [6.45, 7) is 0. The van der Waals surface area contributed by atoms with Gasteiger partial charge in [-0.25, -0.2) is 4.39 Å². The Hall–Kier alpha value is -1.74. The minimum atomic E-state index is -0.289. The summed E-state index contributed by atoms with van der Waals surface area (Å²) in [5, 5.41) is 0.921. The first-order valence-electron chi connectivity index (χ1n) is 5.55. The van der Waals surface area contributed by atoms with Crippen molar-refractivity contribution in [3.63, 3.8) is 0 Å². The third-order valence-corrected chi connectivity index (χ3v) is 3.61. The van der Waals surface area contributed by atoms with Crippen molar-refractivity contribution in [2.75, 3.05) is 0 Å². The fourth-order valence-corrected chi connectivity index (χ4v) is 2.39. The highest BCUT2D eigenvalue weighted by atomic mass is 79.9. The maximum Gasteiger partial charge on any atom is 0.139 e. The summed E-state index contributed by atoms with van der Waals surface area (Å²) >= 11 is 3.22. The number of nitrogens with zero attached hydrogens (tertiary/aromatic N) is 1. The van der Waals surface area contributed by atoms with Crippen LogP contribution in [0.25, 0.3) is 22.0 Å². The number of halogens is 2. The second-order valence-corrected chi connectivity index (χ2v) is 4.82. The SMILES string of the molecule is Fc1ccc2cc(-c3ccccc3)cnc2c1Br. The van der Waals surface area contributed by atoms with Crippen molar-refractivity contribution >= 4 is 26.8 Å². The fourth-order valence-electron chi connectivity index (χ4n) is 1.93. The number of fused-ring (bicyclic) bond motifs is 1. The Morgan fingerprint density at radius 1 is 0.944 bits per heavy atom. The average molecular weight is 302 g/mol. The lowest BCUT2D eigenvalue weighted by Gasteiger charge is -2.05. The van der Waals surface area contributed by atoms with Gasteiger partial charge in [0.15, 0.2) is 0 Å². The average Bonchev–Trinajstić information content (AvgIpc) is 2.44. The van der Waals surface area contributed by atoms with Gasteiger partial charge in [-0.05, 0) is 39.7 Å². The van der Waals surface area contributed by atoms with Gasteiger partial charge in [-0.3, -0.25) is 4.98 Å². The predicted octanol–water partition coefficient (Wildman–Crippen LogP) is 4.80. The Morgan fingerprint density at radius 2 is 1.72 bits per heavy atom. The Balaban J connectivity index is 2.21. The molecule has 3 heteroatoms. The van der Waals surface area contributed by atoms with E-state index in [1.807, 2.05) is 36.4 Å². The lowest BCUT2D eigenvalue weighted by molar-refractivity contribution is 0.623. The van der Waals surface area contributed by atoms with Crippen LogP contribution in [0, 0.1) is 5.82 Å². The van der Waals surface area contributed by atoms with Gasteiger partial charge in [0.2, 0.25) is 0 Å². The molecule has 88 valence electrons. The lowest BCUT2D eigenvalue weighted by Crippen LogP contribution is -1.86. The van der Waals surface area contributed by atoms with Crippen molar-refractivity contribution in [1.82, 2.24) is 4.98 Å². The van der Waals surface area contributed by atoms with E-state index in [-0.39, 0.29) is 5.82 Å². The molecule has 0 saturated carbocycles. The molecule has 0 N–H and O–H groups in total. The van der Waals surface area contributed by atoms with Crippen molar-refractivity contribution in [3.05, 3.63) is 65.0 Å². The van der Waals surface area contributed by atoms with Crippen molar-refractivity contribution in [3.8, 4) is 11.1 Å². The third kappa shape index (κ3) is 1.91. The molecule has 3 rings (SSSR count). The Bertz CT molecular complexity index is 710. The first-order chi connectivity index (χ1) is 8.75. The van der Waals surface area contributed by atoms with Gasteiger partial charge < -0.3 is 0 Å². The quantitative estimate of drug-likeness (QED) is 0.629. The van der Waals surface area contributed by atoms with Crippen LogP contribution in [-0.4, -0.2) is 4.98 Å². The molecular weight excluding hydrogens is 293 g/mol. The normalized spacial score (nSPS) is 10.8. The summed E-state index contributed by atoms with van der Waals surface area (Å²) in [5.41, 5.74) is 2.78. The van der Waals surface area contributed by atoms with E-state index in [1.165, 1.54) is 6.07 Å². The van der Waals surface area contributed by atoms with Crippen molar-refractivity contribution in [2.24, 2.45) is 0 Å². The summed E-state index contributed by atoms with van der Waals surface area (Å²) in [6.07, 6.45) is 1.77. The van der Waals surface area contributed by atoms with Crippen LogP contribution in [0.1, 0.15) is 0 Å². The van der Waals surface area contributed by atoms with E-state index in [4.69, 9.17) is 0 Å². The number of aromatic nitrogens is 1. The molecule has 0 spiro atoms. The minimum Gasteiger partial charge on any atom is -0.254 e. The van der Waals surface area contributed by atoms with Crippen molar-refractivity contribution in [2.45, 2.75) is 0 Å². The Labute approximate surface area is 112 Å². The Morgan fingerprint density at radius 3 is 2.50 bits per heavy atom. The van der Waals surface area contributed by atoms with E-state index in [1.54, 1.807) is 12.3 Å². The van der Waals surface area contributed by atoms with Crippen LogP contribution in [0.3, 0.4) is 0 Å². The van der Waals surface area contributed by atoms with Crippen LogP contribution >= 0.6 is 15.9 Å².